The van der Waals surface area contributed by atoms with Crippen LogP contribution in [0.4, 0.5) is 4.79 Å². The van der Waals surface area contributed by atoms with Crippen LogP contribution in [0.5, 0.6) is 0 Å². The Morgan fingerprint density at radius 2 is 1.43 bits per heavy atom. The smallest absolute Gasteiger partial charge is 0.407 e. The third-order valence-corrected chi connectivity index (χ3v) is 14.0. The number of thiazole rings is 2. The highest BCUT2D eigenvalue weighted by Crippen LogP contribution is 2.37. The summed E-state index contributed by atoms with van der Waals surface area (Å²) in [4.78, 5) is 101. The van der Waals surface area contributed by atoms with Crippen molar-refractivity contribution in [3.8, 4) is 11.6 Å². The summed E-state index contributed by atoms with van der Waals surface area (Å²) in [7, 11) is 0. The third kappa shape index (κ3) is 11.7. The molecule has 3 aliphatic rings. The number of carbonyl (C=O) groups is 6. The van der Waals surface area contributed by atoms with Crippen molar-refractivity contribution in [2.75, 3.05) is 19.6 Å². The standard InChI is InChI=1S/C48H55N9O8S2/c1-29(2)23-34-46(61)57-22-12-19-39(57)45-55-37(28-67-45)43-53-35(26-64-43)47(62)56-21-11-18-38(56)42(60)50-32(17-9-10-20-49-48(63)65-25-31-15-7-4-8-16-31)40(58)51-33(24-30-13-5-3-6-14-30)44-54-36(27-66-44)41(59)52-34/h3-8,13-16,26-29,32-34,38-39H,9-12,17-25H2,1-2H3,(H,49,63)(H,50,60)(H,51,58)(H,52,59)/t32-,33+,34-,38-,39-/m0/s1. The fourth-order valence-electron chi connectivity index (χ4n) is 8.72. The van der Waals surface area contributed by atoms with Gasteiger partial charge in [0.15, 0.2) is 5.69 Å². The van der Waals surface area contributed by atoms with E-state index in [1.54, 1.807) is 15.7 Å². The minimum Gasteiger partial charge on any atom is -0.445 e. The first kappa shape index (κ1) is 47.0. The molecule has 17 nitrogen and oxygen atoms in total. The molecule has 6 amide bonds. The van der Waals surface area contributed by atoms with E-state index in [1.165, 1.54) is 33.8 Å². The molecule has 0 aliphatic carbocycles. The molecule has 5 aromatic rings. The first-order chi connectivity index (χ1) is 32.5. The van der Waals surface area contributed by atoms with Gasteiger partial charge in [-0.1, -0.05) is 74.5 Å². The molecule has 3 aromatic heterocycles. The van der Waals surface area contributed by atoms with Crippen LogP contribution >= 0.6 is 22.7 Å². The normalized spacial score (nSPS) is 21.5. The van der Waals surface area contributed by atoms with Crippen molar-refractivity contribution in [2.24, 2.45) is 5.92 Å². The van der Waals surface area contributed by atoms with E-state index < -0.39 is 53.9 Å². The van der Waals surface area contributed by atoms with E-state index in [9.17, 15) is 28.8 Å². The number of oxazole rings is 1. The average molecular weight is 950 g/mol. The van der Waals surface area contributed by atoms with Gasteiger partial charge in [0.25, 0.3) is 11.8 Å². The Morgan fingerprint density at radius 3 is 2.19 bits per heavy atom. The lowest BCUT2D eigenvalue weighted by Gasteiger charge is -2.29. The molecule has 2 saturated heterocycles. The molecule has 67 heavy (non-hydrogen) atoms. The molecule has 2 aromatic carbocycles. The van der Waals surface area contributed by atoms with Crippen LogP contribution in [0.15, 0.2) is 82.1 Å². The zero-order valence-electron chi connectivity index (χ0n) is 37.5. The number of benzene rings is 2. The van der Waals surface area contributed by atoms with Crippen molar-refractivity contribution in [2.45, 2.75) is 108 Å². The van der Waals surface area contributed by atoms with Crippen molar-refractivity contribution < 1.29 is 37.9 Å². The second kappa shape index (κ2) is 21.9. The van der Waals surface area contributed by atoms with E-state index in [1.807, 2.05) is 74.5 Å². The molecule has 19 heteroatoms. The summed E-state index contributed by atoms with van der Waals surface area (Å²) >= 11 is 2.58. The minimum absolute atomic E-state index is 0.0132. The van der Waals surface area contributed by atoms with Gasteiger partial charge in [0.2, 0.25) is 23.6 Å². The predicted molar refractivity (Wildman–Crippen MR) is 250 cm³/mol. The molecule has 0 spiro atoms. The first-order valence-electron chi connectivity index (χ1n) is 22.9. The number of rotatable bonds is 11. The number of aromatic nitrogens is 3. The number of hydrogen-bond acceptors (Lipinski definition) is 13. The van der Waals surface area contributed by atoms with Crippen LogP contribution in [0.3, 0.4) is 0 Å². The van der Waals surface area contributed by atoms with Gasteiger partial charge in [-0.05, 0) is 74.8 Å². The molecule has 352 valence electrons. The van der Waals surface area contributed by atoms with Gasteiger partial charge in [0, 0.05) is 30.4 Å². The van der Waals surface area contributed by atoms with Crippen LogP contribution in [0.2, 0.25) is 0 Å². The van der Waals surface area contributed by atoms with Crippen molar-refractivity contribution in [3.05, 3.63) is 110 Å². The Kier molecular flexibility index (Phi) is 15.4. The maximum atomic E-state index is 14.5. The number of nitrogens with zero attached hydrogens (tertiary/aromatic N) is 5. The van der Waals surface area contributed by atoms with E-state index in [4.69, 9.17) is 19.1 Å². The molecule has 6 heterocycles. The Bertz CT molecular complexity index is 2530. The predicted octanol–water partition coefficient (Wildman–Crippen LogP) is 6.36. The molecule has 2 fully saturated rings. The lowest BCUT2D eigenvalue weighted by atomic mass is 10.0. The maximum Gasteiger partial charge on any atom is 0.407 e. The van der Waals surface area contributed by atoms with Gasteiger partial charge >= 0.3 is 6.09 Å². The molecule has 3 aliphatic heterocycles. The second-order valence-electron chi connectivity index (χ2n) is 17.5. The Labute approximate surface area is 396 Å². The molecule has 4 N–H and O–H groups in total. The highest BCUT2D eigenvalue weighted by molar-refractivity contribution is 7.10. The number of nitrogens with one attached hydrogen (secondary N) is 4. The first-order valence-corrected chi connectivity index (χ1v) is 24.6. The molecule has 8 rings (SSSR count). The van der Waals surface area contributed by atoms with Crippen molar-refractivity contribution in [1.29, 1.82) is 0 Å². The molecule has 0 saturated carbocycles. The van der Waals surface area contributed by atoms with Crippen LogP contribution in [-0.4, -0.2) is 98.1 Å². The summed E-state index contributed by atoms with van der Waals surface area (Å²) in [5.41, 5.74) is 2.30. The zero-order valence-corrected chi connectivity index (χ0v) is 39.1. The second-order valence-corrected chi connectivity index (χ2v) is 19.3. The topological polar surface area (TPSA) is 218 Å². The summed E-state index contributed by atoms with van der Waals surface area (Å²) < 4.78 is 11.1. The highest BCUT2D eigenvalue weighted by atomic mass is 32.1. The van der Waals surface area contributed by atoms with Gasteiger partial charge in [-0.3, -0.25) is 24.0 Å². The van der Waals surface area contributed by atoms with Gasteiger partial charge in [-0.25, -0.2) is 19.7 Å². The fraction of sp³-hybridized carbons (Fsp3) is 0.438. The number of unbranched alkanes of at least 4 members (excludes halogenated alkanes) is 1. The number of hydrogen-bond donors (Lipinski definition) is 4. The number of amides is 6. The van der Waals surface area contributed by atoms with Gasteiger partial charge in [0.1, 0.15) is 52.4 Å². The Balaban J connectivity index is 1.07. The number of carbonyl (C=O) groups excluding carboxylic acids is 6. The lowest BCUT2D eigenvalue weighted by molar-refractivity contribution is -0.134. The molecule has 0 unspecified atom stereocenters. The lowest BCUT2D eigenvalue weighted by Crippen LogP contribution is -2.53. The zero-order chi connectivity index (χ0) is 46.9. The third-order valence-electron chi connectivity index (χ3n) is 12.1. The molecular weight excluding hydrogens is 895 g/mol. The Hall–Kier alpha value is -6.47. The molecule has 5 atom stereocenters. The molecule has 6 bridgehead atoms. The maximum absolute atomic E-state index is 14.5. The summed E-state index contributed by atoms with van der Waals surface area (Å²) in [5, 5.41) is 16.4. The summed E-state index contributed by atoms with van der Waals surface area (Å²) in [6, 6.07) is 15.1. The quantitative estimate of drug-likeness (QED) is 0.107. The van der Waals surface area contributed by atoms with Crippen molar-refractivity contribution in [1.82, 2.24) is 46.0 Å². The van der Waals surface area contributed by atoms with Crippen molar-refractivity contribution >= 4 is 58.3 Å². The van der Waals surface area contributed by atoms with Gasteiger partial charge in [0.05, 0.1) is 12.1 Å². The van der Waals surface area contributed by atoms with E-state index in [0.717, 1.165) is 17.5 Å². The monoisotopic (exact) mass is 949 g/mol. The van der Waals surface area contributed by atoms with Gasteiger partial charge < -0.3 is 40.2 Å². The van der Waals surface area contributed by atoms with Crippen LogP contribution in [0.1, 0.15) is 119 Å². The van der Waals surface area contributed by atoms with Crippen LogP contribution < -0.4 is 21.3 Å². The number of fused-ring (bicyclic) bond motifs is 10. The summed E-state index contributed by atoms with van der Waals surface area (Å²) in [6.45, 7) is 5.17. The SMILES string of the molecule is CC(C)C[C@@H]1NC(=O)c2csc(n2)[C@@H](Cc2ccccc2)NC(=O)[C@H](CCCCNC(=O)OCc2ccccc2)NC(=O)[C@@H]2CCCN2C(=O)c2coc(n2)-c2csc(n2)[C@@H]2CCCN2C1=O. The largest absolute Gasteiger partial charge is 0.445 e. The minimum atomic E-state index is -1.05. The van der Waals surface area contributed by atoms with Gasteiger partial charge in [-0.2, -0.15) is 0 Å². The van der Waals surface area contributed by atoms with E-state index in [2.05, 4.69) is 26.3 Å². The highest BCUT2D eigenvalue weighted by Gasteiger charge is 2.40. The van der Waals surface area contributed by atoms with Crippen LogP contribution in [-0.2, 0) is 32.1 Å². The van der Waals surface area contributed by atoms with Crippen LogP contribution in [0, 0.1) is 5.92 Å². The number of alkyl carbamates (subject to hydrolysis) is 1. The van der Waals surface area contributed by atoms with E-state index in [0.29, 0.717) is 73.7 Å². The van der Waals surface area contributed by atoms with Crippen LogP contribution in [0.25, 0.3) is 11.6 Å². The average Bonchev–Trinajstić information content (AvgIpc) is 4.19. The number of ether oxygens (including phenoxy) is 1. The van der Waals surface area contributed by atoms with Crippen molar-refractivity contribution in [3.63, 3.8) is 0 Å². The van der Waals surface area contributed by atoms with E-state index >= 15 is 0 Å². The van der Waals surface area contributed by atoms with Gasteiger partial charge in [-0.15, -0.1) is 22.7 Å². The molecule has 0 radical (unpaired) electrons. The summed E-state index contributed by atoms with van der Waals surface area (Å²) in [5.74, 6) is -1.98. The molecular formula is C48H55N9O8S2. The Morgan fingerprint density at radius 1 is 0.761 bits per heavy atom. The summed E-state index contributed by atoms with van der Waals surface area (Å²) in [6.07, 6.45) is 4.88. The van der Waals surface area contributed by atoms with E-state index in [-0.39, 0.29) is 54.7 Å². The fourth-order valence-corrected chi connectivity index (χ4v) is 10.5.